The van der Waals surface area contributed by atoms with Crippen LogP contribution >= 0.6 is 12.4 Å². The van der Waals surface area contributed by atoms with Crippen molar-refractivity contribution in [2.75, 3.05) is 13.1 Å². The van der Waals surface area contributed by atoms with Crippen molar-refractivity contribution in [1.82, 2.24) is 5.32 Å². The Morgan fingerprint density at radius 2 is 2.08 bits per heavy atom. The molecule has 2 nitrogen and oxygen atoms in total. The lowest BCUT2D eigenvalue weighted by Gasteiger charge is -2.39. The van der Waals surface area contributed by atoms with Gasteiger partial charge < -0.3 is 11.1 Å². The lowest BCUT2D eigenvalue weighted by atomic mass is 9.85. The van der Waals surface area contributed by atoms with Crippen LogP contribution in [0, 0.1) is 5.82 Å². The Labute approximate surface area is 82.7 Å². The van der Waals surface area contributed by atoms with Crippen LogP contribution in [0.3, 0.4) is 0 Å². The summed E-state index contributed by atoms with van der Waals surface area (Å²) in [5.41, 5.74) is 6.49. The average Bonchev–Trinajstić information content (AvgIpc) is 2.00. The average molecular weight is 203 g/mol. The summed E-state index contributed by atoms with van der Waals surface area (Å²) in [5.74, 6) is -0.218. The van der Waals surface area contributed by atoms with Gasteiger partial charge in [0.25, 0.3) is 0 Å². The fourth-order valence-electron chi connectivity index (χ4n) is 1.40. The van der Waals surface area contributed by atoms with E-state index in [0.29, 0.717) is 0 Å². The van der Waals surface area contributed by atoms with Crippen molar-refractivity contribution in [1.29, 1.82) is 0 Å². The van der Waals surface area contributed by atoms with E-state index in [9.17, 15) is 4.39 Å². The third-order valence-corrected chi connectivity index (χ3v) is 2.28. The van der Waals surface area contributed by atoms with E-state index in [0.717, 1.165) is 18.7 Å². The molecule has 0 aliphatic carbocycles. The number of hydrogen-bond acceptors (Lipinski definition) is 2. The molecule has 0 atom stereocenters. The third kappa shape index (κ3) is 1.82. The summed E-state index contributed by atoms with van der Waals surface area (Å²) in [7, 11) is 0. The maximum atomic E-state index is 12.8. The molecule has 1 heterocycles. The third-order valence-electron chi connectivity index (χ3n) is 2.28. The first-order valence-corrected chi connectivity index (χ1v) is 3.96. The molecule has 1 fully saturated rings. The van der Waals surface area contributed by atoms with Gasteiger partial charge in [-0.2, -0.15) is 0 Å². The van der Waals surface area contributed by atoms with Gasteiger partial charge in [-0.1, -0.05) is 12.1 Å². The fraction of sp³-hybridized carbons (Fsp3) is 0.333. The molecule has 72 valence electrons. The van der Waals surface area contributed by atoms with Crippen molar-refractivity contribution in [3.8, 4) is 0 Å². The van der Waals surface area contributed by atoms with Gasteiger partial charge in [-0.15, -0.1) is 12.4 Å². The lowest BCUT2D eigenvalue weighted by molar-refractivity contribution is 0.286. The Morgan fingerprint density at radius 3 is 2.54 bits per heavy atom. The van der Waals surface area contributed by atoms with E-state index in [1.807, 2.05) is 6.07 Å². The molecular formula is C9H12ClFN2. The van der Waals surface area contributed by atoms with Gasteiger partial charge in [0.1, 0.15) is 5.82 Å². The van der Waals surface area contributed by atoms with E-state index in [2.05, 4.69) is 5.32 Å². The summed E-state index contributed by atoms with van der Waals surface area (Å²) in [6.07, 6.45) is 0. The van der Waals surface area contributed by atoms with Gasteiger partial charge in [-0.25, -0.2) is 4.39 Å². The van der Waals surface area contributed by atoms with Crippen molar-refractivity contribution >= 4 is 12.4 Å². The van der Waals surface area contributed by atoms with E-state index in [1.54, 1.807) is 6.07 Å². The van der Waals surface area contributed by atoms with E-state index in [4.69, 9.17) is 5.73 Å². The number of nitrogens with one attached hydrogen (secondary N) is 1. The van der Waals surface area contributed by atoms with E-state index < -0.39 is 0 Å². The molecule has 4 heteroatoms. The number of halogens is 2. The van der Waals surface area contributed by atoms with Crippen LogP contribution in [0.1, 0.15) is 5.56 Å². The first kappa shape index (κ1) is 10.4. The monoisotopic (exact) mass is 202 g/mol. The van der Waals surface area contributed by atoms with Crippen molar-refractivity contribution in [3.05, 3.63) is 35.6 Å². The van der Waals surface area contributed by atoms with Crippen LogP contribution in [0.4, 0.5) is 4.39 Å². The summed E-state index contributed by atoms with van der Waals surface area (Å²) in [6, 6.07) is 6.49. The first-order chi connectivity index (χ1) is 5.71. The maximum absolute atomic E-state index is 12.8. The Balaban J connectivity index is 0.000000845. The van der Waals surface area contributed by atoms with Gasteiger partial charge in [0.15, 0.2) is 0 Å². The Hall–Kier alpha value is -0.640. The molecule has 0 saturated carbocycles. The van der Waals surface area contributed by atoms with Crippen LogP contribution in [0.25, 0.3) is 0 Å². The summed E-state index contributed by atoms with van der Waals surface area (Å²) < 4.78 is 12.8. The van der Waals surface area contributed by atoms with Crippen molar-refractivity contribution in [2.24, 2.45) is 5.73 Å². The van der Waals surface area contributed by atoms with E-state index in [1.165, 1.54) is 12.1 Å². The van der Waals surface area contributed by atoms with Gasteiger partial charge in [-0.3, -0.25) is 0 Å². The topological polar surface area (TPSA) is 38.0 Å². The second-order valence-corrected chi connectivity index (χ2v) is 3.27. The maximum Gasteiger partial charge on any atom is 0.123 e. The molecule has 3 N–H and O–H groups in total. The van der Waals surface area contributed by atoms with Crippen LogP contribution in [0.5, 0.6) is 0 Å². The summed E-state index contributed by atoms with van der Waals surface area (Å²) >= 11 is 0. The standard InChI is InChI=1S/C9H11FN2.ClH/c10-8-3-1-2-7(4-8)9(11)5-12-6-9;/h1-4,12H,5-6,11H2;1H. The van der Waals surface area contributed by atoms with Crippen LogP contribution in [-0.4, -0.2) is 13.1 Å². The Kier molecular flexibility index (Phi) is 2.91. The molecule has 1 aromatic rings. The first-order valence-electron chi connectivity index (χ1n) is 3.96. The van der Waals surface area contributed by atoms with Crippen molar-refractivity contribution < 1.29 is 4.39 Å². The van der Waals surface area contributed by atoms with Crippen LogP contribution < -0.4 is 11.1 Å². The smallest absolute Gasteiger partial charge is 0.123 e. The fourth-order valence-corrected chi connectivity index (χ4v) is 1.40. The van der Waals surface area contributed by atoms with Crippen LogP contribution in [-0.2, 0) is 5.54 Å². The van der Waals surface area contributed by atoms with E-state index in [-0.39, 0.29) is 23.8 Å². The molecule has 0 unspecified atom stereocenters. The van der Waals surface area contributed by atoms with E-state index >= 15 is 0 Å². The van der Waals surface area contributed by atoms with Gasteiger partial charge in [0.2, 0.25) is 0 Å². The molecule has 0 bridgehead atoms. The number of rotatable bonds is 1. The zero-order valence-corrected chi connectivity index (χ0v) is 7.90. The minimum Gasteiger partial charge on any atom is -0.319 e. The molecule has 0 radical (unpaired) electrons. The highest BCUT2D eigenvalue weighted by Crippen LogP contribution is 2.22. The molecular weight excluding hydrogens is 191 g/mol. The Morgan fingerprint density at radius 1 is 1.38 bits per heavy atom. The van der Waals surface area contributed by atoms with Crippen LogP contribution in [0.2, 0.25) is 0 Å². The van der Waals surface area contributed by atoms with Crippen LogP contribution in [0.15, 0.2) is 24.3 Å². The minimum atomic E-state index is -0.345. The highest BCUT2D eigenvalue weighted by molar-refractivity contribution is 5.85. The predicted molar refractivity (Wildman–Crippen MR) is 52.4 cm³/mol. The highest BCUT2D eigenvalue weighted by Gasteiger charge is 2.34. The molecule has 1 aliphatic heterocycles. The quantitative estimate of drug-likeness (QED) is 0.713. The van der Waals surface area contributed by atoms with Crippen molar-refractivity contribution in [2.45, 2.75) is 5.54 Å². The summed E-state index contributed by atoms with van der Waals surface area (Å²) in [5, 5.41) is 3.07. The Bertz CT molecular complexity index is 299. The second kappa shape index (κ2) is 3.62. The molecule has 13 heavy (non-hydrogen) atoms. The number of nitrogens with two attached hydrogens (primary N) is 1. The lowest BCUT2D eigenvalue weighted by Crippen LogP contribution is -2.62. The number of benzene rings is 1. The minimum absolute atomic E-state index is 0. The largest absolute Gasteiger partial charge is 0.319 e. The van der Waals surface area contributed by atoms with Gasteiger partial charge in [-0.05, 0) is 17.7 Å². The zero-order valence-electron chi connectivity index (χ0n) is 7.09. The normalized spacial score (nSPS) is 18.6. The van der Waals surface area contributed by atoms with Gasteiger partial charge in [0.05, 0.1) is 5.54 Å². The molecule has 0 spiro atoms. The molecule has 1 saturated heterocycles. The molecule has 2 rings (SSSR count). The van der Waals surface area contributed by atoms with Gasteiger partial charge >= 0.3 is 0 Å². The second-order valence-electron chi connectivity index (χ2n) is 3.27. The molecule has 1 aliphatic rings. The predicted octanol–water partition coefficient (Wildman–Crippen LogP) is 1.00. The van der Waals surface area contributed by atoms with Gasteiger partial charge in [0, 0.05) is 13.1 Å². The summed E-state index contributed by atoms with van der Waals surface area (Å²) in [4.78, 5) is 0. The van der Waals surface area contributed by atoms with Crippen molar-refractivity contribution in [3.63, 3.8) is 0 Å². The number of hydrogen-bond donors (Lipinski definition) is 2. The zero-order chi connectivity index (χ0) is 8.60. The highest BCUT2D eigenvalue weighted by atomic mass is 35.5. The molecule has 0 amide bonds. The summed E-state index contributed by atoms with van der Waals surface area (Å²) in [6.45, 7) is 1.47. The molecule has 1 aromatic carbocycles. The molecule has 0 aromatic heterocycles. The SMILES string of the molecule is Cl.NC1(c2cccc(F)c2)CNC1.